The third kappa shape index (κ3) is 3.23. The van der Waals surface area contributed by atoms with Crippen LogP contribution < -0.4 is 5.69 Å². The van der Waals surface area contributed by atoms with E-state index < -0.39 is 17.4 Å². The summed E-state index contributed by atoms with van der Waals surface area (Å²) in [5.41, 5.74) is -0.660. The number of alkyl halides is 3. The zero-order chi connectivity index (χ0) is 24.5. The van der Waals surface area contributed by atoms with Gasteiger partial charge in [0.05, 0.1) is 27.7 Å². The summed E-state index contributed by atoms with van der Waals surface area (Å²) in [4.78, 5) is 19.7. The van der Waals surface area contributed by atoms with Gasteiger partial charge in [0.2, 0.25) is 0 Å². The molecular formula is C25H24F3N5O. The van der Waals surface area contributed by atoms with Gasteiger partial charge < -0.3 is 4.90 Å². The first-order chi connectivity index (χ1) is 16.0. The molecule has 5 rings (SSSR count). The number of hydrogen-bond donors (Lipinski definition) is 0. The van der Waals surface area contributed by atoms with Crippen molar-refractivity contribution in [2.75, 3.05) is 21.1 Å². The van der Waals surface area contributed by atoms with Crippen LogP contribution in [0.25, 0.3) is 11.2 Å². The van der Waals surface area contributed by atoms with Gasteiger partial charge in [-0.05, 0) is 54.9 Å². The van der Waals surface area contributed by atoms with Crippen LogP contribution in [-0.2, 0) is 11.6 Å². The Hall–Kier alpha value is -3.54. The molecule has 2 fully saturated rings. The summed E-state index contributed by atoms with van der Waals surface area (Å²) in [5.74, 6) is 0.953. The van der Waals surface area contributed by atoms with Crippen molar-refractivity contribution in [1.29, 1.82) is 5.26 Å². The fraction of sp³-hybridized carbons (Fsp3) is 0.400. The number of imidazole rings is 1. The van der Waals surface area contributed by atoms with Crippen molar-refractivity contribution in [3.05, 3.63) is 69.9 Å². The maximum Gasteiger partial charge on any atom is 0.418 e. The van der Waals surface area contributed by atoms with E-state index in [0.717, 1.165) is 40.9 Å². The Morgan fingerprint density at radius 3 is 2.44 bits per heavy atom. The number of hydrogen-bond acceptors (Lipinski definition) is 3. The predicted molar refractivity (Wildman–Crippen MR) is 122 cm³/mol. The summed E-state index contributed by atoms with van der Waals surface area (Å²) in [6.07, 6.45) is 1.96. The molecule has 2 heterocycles. The largest absolute Gasteiger partial charge is 0.418 e. The summed E-state index contributed by atoms with van der Waals surface area (Å²) in [5, 5.41) is 9.17. The number of halogens is 3. The summed E-state index contributed by atoms with van der Waals surface area (Å²) >= 11 is 0. The van der Waals surface area contributed by atoms with Crippen molar-refractivity contribution < 1.29 is 13.2 Å². The third-order valence-electron chi connectivity index (χ3n) is 7.25. The number of pyridine rings is 1. The maximum absolute atomic E-state index is 13.7. The van der Waals surface area contributed by atoms with Crippen LogP contribution in [0.1, 0.15) is 42.4 Å². The number of aliphatic imine (C=N–C) groups is 1. The van der Waals surface area contributed by atoms with Crippen molar-refractivity contribution in [1.82, 2.24) is 13.9 Å². The molecule has 0 atom stereocenters. The number of nitriles is 1. The van der Waals surface area contributed by atoms with E-state index in [-0.39, 0.29) is 16.5 Å². The first-order valence-corrected chi connectivity index (χ1v) is 11.0. The standard InChI is InChI=1S/C25H24F3N5O/c1-30-21(31(2)3)24(14-23(15-24)7-8-23)17-5-4-6-18(10-17)32-13-20-19(25(26,27)28)9-16(11-29)12-33(20)22(32)34/h4-6,9-10,12-13H,7-8,14-15H2,1-3H3/b30-21-. The zero-order valence-electron chi connectivity index (χ0n) is 19.1. The second-order valence-corrected chi connectivity index (χ2v) is 9.72. The highest BCUT2D eigenvalue weighted by atomic mass is 19.4. The van der Waals surface area contributed by atoms with Gasteiger partial charge in [-0.25, -0.2) is 4.79 Å². The van der Waals surface area contributed by atoms with Gasteiger partial charge in [0.1, 0.15) is 11.9 Å². The van der Waals surface area contributed by atoms with Gasteiger partial charge >= 0.3 is 11.9 Å². The second-order valence-electron chi connectivity index (χ2n) is 9.72. The fourth-order valence-corrected chi connectivity index (χ4v) is 5.71. The molecule has 0 unspecified atom stereocenters. The molecule has 176 valence electrons. The first kappa shape index (κ1) is 22.3. The van der Waals surface area contributed by atoms with Crippen LogP contribution in [-0.4, -0.2) is 40.8 Å². The quantitative estimate of drug-likeness (QED) is 0.424. The Labute approximate surface area is 194 Å². The molecule has 1 aromatic carbocycles. The molecule has 0 bridgehead atoms. The summed E-state index contributed by atoms with van der Waals surface area (Å²) < 4.78 is 43.2. The number of amidine groups is 1. The Balaban J connectivity index is 1.67. The lowest BCUT2D eigenvalue weighted by atomic mass is 9.55. The molecule has 34 heavy (non-hydrogen) atoms. The number of aromatic nitrogens is 2. The lowest BCUT2D eigenvalue weighted by Gasteiger charge is -2.51. The van der Waals surface area contributed by atoms with Crippen molar-refractivity contribution in [2.24, 2.45) is 10.4 Å². The van der Waals surface area contributed by atoms with Crippen LogP contribution in [0.15, 0.2) is 52.5 Å². The molecule has 0 aliphatic heterocycles. The normalized spacial score (nSPS) is 18.6. The molecule has 0 N–H and O–H groups in total. The molecule has 0 saturated heterocycles. The zero-order valence-corrected chi connectivity index (χ0v) is 19.1. The number of likely N-dealkylation sites (N-methyl/N-ethyl adjacent to an activating group) is 1. The summed E-state index contributed by atoms with van der Waals surface area (Å²) in [6.45, 7) is 0. The Kier molecular flexibility index (Phi) is 4.73. The van der Waals surface area contributed by atoms with Crippen molar-refractivity contribution in [3.63, 3.8) is 0 Å². The monoisotopic (exact) mass is 467 g/mol. The van der Waals surface area contributed by atoms with Crippen LogP contribution in [0.4, 0.5) is 13.2 Å². The molecule has 2 aliphatic carbocycles. The average Bonchev–Trinajstić information content (AvgIpc) is 3.49. The molecule has 0 amide bonds. The minimum Gasteiger partial charge on any atom is -0.366 e. The molecule has 2 aliphatic rings. The molecule has 1 spiro atoms. The molecule has 0 radical (unpaired) electrons. The van der Waals surface area contributed by atoms with E-state index >= 15 is 0 Å². The second kappa shape index (κ2) is 7.23. The molecular weight excluding hydrogens is 443 g/mol. The van der Waals surface area contributed by atoms with Crippen LogP contribution in [0.5, 0.6) is 0 Å². The highest BCUT2D eigenvalue weighted by Gasteiger charge is 2.63. The molecule has 2 saturated carbocycles. The van der Waals surface area contributed by atoms with E-state index in [9.17, 15) is 23.2 Å². The molecule has 9 heteroatoms. The van der Waals surface area contributed by atoms with Gasteiger partial charge in [-0.15, -0.1) is 0 Å². The number of rotatable bonds is 3. The fourth-order valence-electron chi connectivity index (χ4n) is 5.71. The predicted octanol–water partition coefficient (Wildman–Crippen LogP) is 4.38. The smallest absolute Gasteiger partial charge is 0.366 e. The number of fused-ring (bicyclic) bond motifs is 1. The van der Waals surface area contributed by atoms with E-state index in [4.69, 9.17) is 0 Å². The highest BCUT2D eigenvalue weighted by Crippen LogP contribution is 2.69. The van der Waals surface area contributed by atoms with Gasteiger partial charge in [0.25, 0.3) is 0 Å². The molecule has 2 aromatic heterocycles. The number of benzene rings is 1. The third-order valence-corrected chi connectivity index (χ3v) is 7.25. The van der Waals surface area contributed by atoms with Crippen molar-refractivity contribution >= 4 is 11.4 Å². The lowest BCUT2D eigenvalue weighted by molar-refractivity contribution is -0.136. The van der Waals surface area contributed by atoms with Crippen LogP contribution in [0.2, 0.25) is 0 Å². The van der Waals surface area contributed by atoms with Crippen molar-refractivity contribution in [2.45, 2.75) is 37.3 Å². The van der Waals surface area contributed by atoms with Crippen LogP contribution in [0.3, 0.4) is 0 Å². The van der Waals surface area contributed by atoms with Gasteiger partial charge in [0.15, 0.2) is 0 Å². The van der Waals surface area contributed by atoms with Gasteiger partial charge in [-0.3, -0.25) is 14.0 Å². The average molecular weight is 467 g/mol. The minimum atomic E-state index is -4.70. The van der Waals surface area contributed by atoms with Gasteiger partial charge in [-0.1, -0.05) is 12.1 Å². The lowest BCUT2D eigenvalue weighted by Crippen LogP contribution is -2.53. The summed E-state index contributed by atoms with van der Waals surface area (Å²) in [6, 6.07) is 9.90. The SMILES string of the molecule is C/N=C(\N(C)C)C1(c2cccc(-n3cc4c(C(F)(F)F)cc(C#N)cn4c3=O)c2)CC2(CC2)C1. The Bertz CT molecular complexity index is 1430. The van der Waals surface area contributed by atoms with E-state index in [1.807, 2.05) is 37.2 Å². The van der Waals surface area contributed by atoms with E-state index in [1.54, 1.807) is 19.2 Å². The van der Waals surface area contributed by atoms with Gasteiger partial charge in [0, 0.05) is 33.5 Å². The Morgan fingerprint density at radius 2 is 1.88 bits per heavy atom. The van der Waals surface area contributed by atoms with Crippen molar-refractivity contribution in [3.8, 4) is 11.8 Å². The maximum atomic E-state index is 13.7. The summed E-state index contributed by atoms with van der Waals surface area (Å²) in [7, 11) is 5.69. The topological polar surface area (TPSA) is 65.8 Å². The van der Waals surface area contributed by atoms with E-state index in [2.05, 4.69) is 4.99 Å². The molecule has 6 nitrogen and oxygen atoms in total. The Morgan fingerprint density at radius 1 is 1.18 bits per heavy atom. The molecule has 3 aromatic rings. The van der Waals surface area contributed by atoms with Crippen LogP contribution >= 0.6 is 0 Å². The highest BCUT2D eigenvalue weighted by molar-refractivity contribution is 5.94. The van der Waals surface area contributed by atoms with Gasteiger partial charge in [-0.2, -0.15) is 18.4 Å². The van der Waals surface area contributed by atoms with E-state index in [1.165, 1.54) is 23.6 Å². The first-order valence-electron chi connectivity index (χ1n) is 11.0. The van der Waals surface area contributed by atoms with E-state index in [0.29, 0.717) is 11.1 Å². The number of nitrogens with zero attached hydrogens (tertiary/aromatic N) is 5. The van der Waals surface area contributed by atoms with Crippen LogP contribution in [0, 0.1) is 16.7 Å². The minimum absolute atomic E-state index is 0.230.